The van der Waals surface area contributed by atoms with Gasteiger partial charge < -0.3 is 25.4 Å². The Bertz CT molecular complexity index is 1040. The Labute approximate surface area is 196 Å². The number of nitrogens with one attached hydrogen (secondary N) is 3. The predicted molar refractivity (Wildman–Crippen MR) is 126 cm³/mol. The molecule has 178 valence electrons. The molecule has 0 saturated carbocycles. The smallest absolute Gasteiger partial charge is 0.341 e. The second-order valence-corrected chi connectivity index (χ2v) is 8.08. The molecule has 0 fully saturated rings. The number of ether oxygens (including phenoxy) is 2. The van der Waals surface area contributed by atoms with Crippen molar-refractivity contribution in [1.29, 1.82) is 0 Å². The van der Waals surface area contributed by atoms with Gasteiger partial charge in [-0.2, -0.15) is 0 Å². The summed E-state index contributed by atoms with van der Waals surface area (Å²) < 4.78 is 10.2. The van der Waals surface area contributed by atoms with E-state index < -0.39 is 11.9 Å². The van der Waals surface area contributed by atoms with Crippen LogP contribution in [0.25, 0.3) is 0 Å². The van der Waals surface area contributed by atoms with Crippen molar-refractivity contribution < 1.29 is 28.7 Å². The molecule has 2 rings (SSSR count). The third-order valence-electron chi connectivity index (χ3n) is 4.49. The summed E-state index contributed by atoms with van der Waals surface area (Å²) in [6, 6.07) is 6.93. The van der Waals surface area contributed by atoms with Crippen molar-refractivity contribution in [3.05, 3.63) is 40.3 Å². The van der Waals surface area contributed by atoms with E-state index in [1.54, 1.807) is 45.2 Å². The Kier molecular flexibility index (Phi) is 9.37. The van der Waals surface area contributed by atoms with Gasteiger partial charge >= 0.3 is 5.97 Å². The van der Waals surface area contributed by atoms with Crippen LogP contribution in [-0.2, 0) is 14.3 Å². The fourth-order valence-corrected chi connectivity index (χ4v) is 4.15. The normalized spacial score (nSPS) is 10.5. The van der Waals surface area contributed by atoms with Crippen molar-refractivity contribution in [2.24, 2.45) is 0 Å². The van der Waals surface area contributed by atoms with E-state index in [1.807, 2.05) is 0 Å². The second-order valence-electron chi connectivity index (χ2n) is 7.06. The van der Waals surface area contributed by atoms with Gasteiger partial charge in [-0.3, -0.25) is 19.3 Å². The number of carbonyl (C=O) groups excluding carboxylic acids is 4. The number of nitrogens with zero attached hydrogens (tertiary/aromatic N) is 1. The van der Waals surface area contributed by atoms with E-state index in [9.17, 15) is 19.2 Å². The Balaban J connectivity index is 2.04. The molecule has 2 aromatic rings. The fraction of sp³-hybridized carbons (Fsp3) is 0.364. The van der Waals surface area contributed by atoms with Gasteiger partial charge in [-0.05, 0) is 38.6 Å². The molecule has 0 radical (unpaired) electrons. The van der Waals surface area contributed by atoms with Gasteiger partial charge in [-0.15, -0.1) is 11.3 Å². The van der Waals surface area contributed by atoms with Crippen LogP contribution in [0.15, 0.2) is 24.3 Å². The van der Waals surface area contributed by atoms with Crippen molar-refractivity contribution in [2.45, 2.75) is 13.8 Å². The molecule has 0 saturated heterocycles. The van der Waals surface area contributed by atoms with Crippen LogP contribution in [0.4, 0.5) is 10.7 Å². The lowest BCUT2D eigenvalue weighted by atomic mass is 10.1. The standard InChI is InChI=1S/C22H28N4O6S/c1-6-32-22(30)18-13(2)19(20(29)23-3)33-21(18)25-17(28)12-26(4)11-16(27)24-14-8-7-9-15(10-14)31-5/h7-10H,6,11-12H2,1-5H3,(H,23,29)(H,24,27)(H,25,28). The molecule has 0 aliphatic rings. The Morgan fingerprint density at radius 1 is 1.09 bits per heavy atom. The zero-order chi connectivity index (χ0) is 24.5. The van der Waals surface area contributed by atoms with E-state index in [2.05, 4.69) is 16.0 Å². The Morgan fingerprint density at radius 2 is 1.76 bits per heavy atom. The van der Waals surface area contributed by atoms with Crippen LogP contribution in [-0.4, -0.2) is 69.5 Å². The maximum absolute atomic E-state index is 12.6. The second kappa shape index (κ2) is 12.0. The number of hydrogen-bond donors (Lipinski definition) is 3. The maximum Gasteiger partial charge on any atom is 0.341 e. The van der Waals surface area contributed by atoms with Gasteiger partial charge in [-0.25, -0.2) is 4.79 Å². The monoisotopic (exact) mass is 476 g/mol. The highest BCUT2D eigenvalue weighted by Crippen LogP contribution is 2.33. The summed E-state index contributed by atoms with van der Waals surface area (Å²) in [5, 5.41) is 8.15. The van der Waals surface area contributed by atoms with E-state index >= 15 is 0 Å². The minimum Gasteiger partial charge on any atom is -0.497 e. The molecule has 1 aromatic carbocycles. The van der Waals surface area contributed by atoms with Crippen LogP contribution in [0.1, 0.15) is 32.5 Å². The molecule has 0 atom stereocenters. The number of methoxy groups -OCH3 is 1. The van der Waals surface area contributed by atoms with Gasteiger partial charge in [-0.1, -0.05) is 6.07 Å². The fourth-order valence-electron chi connectivity index (χ4n) is 2.99. The van der Waals surface area contributed by atoms with Crippen LogP contribution < -0.4 is 20.7 Å². The zero-order valence-electron chi connectivity index (χ0n) is 19.2. The van der Waals surface area contributed by atoms with Gasteiger partial charge in [0.15, 0.2) is 0 Å². The van der Waals surface area contributed by atoms with Gasteiger partial charge in [0.05, 0.1) is 37.2 Å². The number of anilines is 2. The van der Waals surface area contributed by atoms with Gasteiger partial charge in [0, 0.05) is 18.8 Å². The molecule has 33 heavy (non-hydrogen) atoms. The molecule has 10 nitrogen and oxygen atoms in total. The van der Waals surface area contributed by atoms with E-state index in [-0.39, 0.29) is 42.1 Å². The van der Waals surface area contributed by atoms with E-state index in [0.717, 1.165) is 11.3 Å². The van der Waals surface area contributed by atoms with E-state index in [4.69, 9.17) is 9.47 Å². The molecule has 0 aliphatic heterocycles. The van der Waals surface area contributed by atoms with Crippen molar-refractivity contribution in [2.75, 3.05) is 51.5 Å². The third kappa shape index (κ3) is 7.02. The number of amides is 3. The van der Waals surface area contributed by atoms with Crippen molar-refractivity contribution in [3.8, 4) is 5.75 Å². The minimum atomic E-state index is -0.622. The first kappa shape index (κ1) is 25.8. The van der Waals surface area contributed by atoms with Crippen LogP contribution in [0, 0.1) is 6.92 Å². The van der Waals surface area contributed by atoms with Crippen molar-refractivity contribution in [3.63, 3.8) is 0 Å². The largest absolute Gasteiger partial charge is 0.497 e. The molecule has 3 amide bonds. The zero-order valence-corrected chi connectivity index (χ0v) is 20.1. The average molecular weight is 477 g/mol. The molecule has 0 bridgehead atoms. The summed E-state index contributed by atoms with van der Waals surface area (Å²) in [6.45, 7) is 3.30. The van der Waals surface area contributed by atoms with Crippen molar-refractivity contribution in [1.82, 2.24) is 10.2 Å². The first-order valence-electron chi connectivity index (χ1n) is 10.1. The lowest BCUT2D eigenvalue weighted by molar-refractivity contribution is -0.119. The average Bonchev–Trinajstić information content (AvgIpc) is 3.08. The molecule has 3 N–H and O–H groups in total. The first-order valence-corrected chi connectivity index (χ1v) is 11.0. The van der Waals surface area contributed by atoms with Gasteiger partial charge in [0.1, 0.15) is 10.8 Å². The number of thiophene rings is 1. The lowest BCUT2D eigenvalue weighted by Gasteiger charge is -2.16. The molecule has 0 spiro atoms. The Morgan fingerprint density at radius 3 is 2.36 bits per heavy atom. The molecule has 0 unspecified atom stereocenters. The van der Waals surface area contributed by atoms with Crippen LogP contribution in [0.2, 0.25) is 0 Å². The molecule has 1 aromatic heterocycles. The number of benzene rings is 1. The number of esters is 1. The molecular weight excluding hydrogens is 448 g/mol. The topological polar surface area (TPSA) is 126 Å². The van der Waals surface area contributed by atoms with E-state index in [0.29, 0.717) is 21.9 Å². The maximum atomic E-state index is 12.6. The Hall–Kier alpha value is -3.44. The molecule has 1 heterocycles. The third-order valence-corrected chi connectivity index (χ3v) is 5.70. The SMILES string of the molecule is CCOC(=O)c1c(NC(=O)CN(C)CC(=O)Nc2cccc(OC)c2)sc(C(=O)NC)c1C. The summed E-state index contributed by atoms with van der Waals surface area (Å²) in [6.07, 6.45) is 0. The highest BCUT2D eigenvalue weighted by Gasteiger charge is 2.26. The number of carbonyl (C=O) groups is 4. The lowest BCUT2D eigenvalue weighted by Crippen LogP contribution is -2.36. The minimum absolute atomic E-state index is 0.0394. The number of likely N-dealkylation sites (N-methyl/N-ethyl adjacent to an activating group) is 1. The summed E-state index contributed by atoms with van der Waals surface area (Å²) in [5.74, 6) is -1.13. The quantitative estimate of drug-likeness (QED) is 0.448. The molecular formula is C22H28N4O6S. The van der Waals surface area contributed by atoms with Crippen molar-refractivity contribution >= 4 is 45.7 Å². The highest BCUT2D eigenvalue weighted by atomic mass is 32.1. The summed E-state index contributed by atoms with van der Waals surface area (Å²) in [7, 11) is 4.63. The van der Waals surface area contributed by atoms with Gasteiger partial charge in [0.2, 0.25) is 11.8 Å². The predicted octanol–water partition coefficient (Wildman–Crippen LogP) is 2.11. The van der Waals surface area contributed by atoms with E-state index in [1.165, 1.54) is 19.1 Å². The van der Waals surface area contributed by atoms with Crippen LogP contribution in [0.3, 0.4) is 0 Å². The van der Waals surface area contributed by atoms with Crippen LogP contribution in [0.5, 0.6) is 5.75 Å². The summed E-state index contributed by atoms with van der Waals surface area (Å²) in [4.78, 5) is 51.3. The summed E-state index contributed by atoms with van der Waals surface area (Å²) >= 11 is 0.993. The first-order chi connectivity index (χ1) is 15.7. The van der Waals surface area contributed by atoms with Gasteiger partial charge in [0.25, 0.3) is 5.91 Å². The number of hydrogen-bond acceptors (Lipinski definition) is 8. The summed E-state index contributed by atoms with van der Waals surface area (Å²) in [5.41, 5.74) is 1.15. The highest BCUT2D eigenvalue weighted by molar-refractivity contribution is 7.18. The molecule has 11 heteroatoms. The van der Waals surface area contributed by atoms with Crippen LogP contribution >= 0.6 is 11.3 Å². The number of rotatable bonds is 10. The molecule has 0 aliphatic carbocycles.